The lowest BCUT2D eigenvalue weighted by molar-refractivity contribution is -0.117. The molecule has 1 aromatic carbocycles. The van der Waals surface area contributed by atoms with Crippen LogP contribution in [0.5, 0.6) is 0 Å². The van der Waals surface area contributed by atoms with Crippen molar-refractivity contribution >= 4 is 11.7 Å². The van der Waals surface area contributed by atoms with Gasteiger partial charge in [0.25, 0.3) is 0 Å². The highest BCUT2D eigenvalue weighted by atomic mass is 19.1. The number of anilines is 1. The summed E-state index contributed by atoms with van der Waals surface area (Å²) in [7, 11) is 0. The quantitative estimate of drug-likeness (QED) is 0.758. The first kappa shape index (κ1) is 15.5. The number of carbonyl (C=O) groups is 1. The van der Waals surface area contributed by atoms with E-state index in [0.29, 0.717) is 5.82 Å². The van der Waals surface area contributed by atoms with Gasteiger partial charge in [0.2, 0.25) is 5.91 Å². The fourth-order valence-corrected chi connectivity index (χ4v) is 2.75. The summed E-state index contributed by atoms with van der Waals surface area (Å²) in [6.45, 7) is 1.87. The average Bonchev–Trinajstić information content (AvgIpc) is 3.38. The lowest BCUT2D eigenvalue weighted by Gasteiger charge is -2.07. The number of imidazole rings is 1. The maximum absolute atomic E-state index is 13.2. The summed E-state index contributed by atoms with van der Waals surface area (Å²) in [4.78, 5) is 23.9. The first-order valence-corrected chi connectivity index (χ1v) is 8.20. The topological polar surface area (TPSA) is 70.7 Å². The van der Waals surface area contributed by atoms with Crippen LogP contribution in [0, 0.1) is 18.7 Å². The molecule has 0 bridgehead atoms. The van der Waals surface area contributed by atoms with E-state index in [2.05, 4.69) is 20.3 Å². The van der Waals surface area contributed by atoms with Crippen LogP contribution in [-0.2, 0) is 4.79 Å². The maximum Gasteiger partial charge on any atom is 0.228 e. The van der Waals surface area contributed by atoms with E-state index in [1.165, 1.54) is 12.1 Å². The Bertz CT molecular complexity index is 929. The first-order chi connectivity index (χ1) is 12.1. The van der Waals surface area contributed by atoms with Crippen molar-refractivity contribution in [2.45, 2.75) is 19.8 Å². The summed E-state index contributed by atoms with van der Waals surface area (Å²) in [6.07, 6.45) is 3.54. The zero-order chi connectivity index (χ0) is 17.4. The van der Waals surface area contributed by atoms with E-state index in [9.17, 15) is 9.18 Å². The number of rotatable bonds is 4. The van der Waals surface area contributed by atoms with Gasteiger partial charge < -0.3 is 10.3 Å². The van der Waals surface area contributed by atoms with Crippen LogP contribution < -0.4 is 5.32 Å². The summed E-state index contributed by atoms with van der Waals surface area (Å²) in [6, 6.07) is 9.91. The van der Waals surface area contributed by atoms with E-state index in [1.807, 2.05) is 19.1 Å². The molecule has 4 rings (SSSR count). The normalized spacial score (nSPS) is 13.7. The molecule has 1 aliphatic rings. The number of nitrogens with one attached hydrogen (secondary N) is 2. The van der Waals surface area contributed by atoms with E-state index < -0.39 is 0 Å². The van der Waals surface area contributed by atoms with Crippen molar-refractivity contribution < 1.29 is 9.18 Å². The van der Waals surface area contributed by atoms with Gasteiger partial charge in [-0.25, -0.2) is 14.4 Å². The molecule has 2 aromatic heterocycles. The smallest absolute Gasteiger partial charge is 0.228 e. The SMILES string of the molecule is Cc1nc(-c2ccnc(NC(=O)C3CC3)c2)c(-c2ccc(F)cc2)[nH]1. The van der Waals surface area contributed by atoms with Crippen LogP contribution in [0.25, 0.3) is 22.5 Å². The number of pyridine rings is 1. The van der Waals surface area contributed by atoms with Crippen molar-refractivity contribution in [3.63, 3.8) is 0 Å². The minimum Gasteiger partial charge on any atom is -0.342 e. The third-order valence-corrected chi connectivity index (χ3v) is 4.19. The molecule has 1 amide bonds. The number of hydrogen-bond acceptors (Lipinski definition) is 3. The fourth-order valence-electron chi connectivity index (χ4n) is 2.75. The third kappa shape index (κ3) is 3.28. The fraction of sp³-hybridized carbons (Fsp3) is 0.211. The second-order valence-electron chi connectivity index (χ2n) is 6.25. The Morgan fingerprint density at radius 1 is 1.20 bits per heavy atom. The monoisotopic (exact) mass is 336 g/mol. The molecule has 0 spiro atoms. The number of benzene rings is 1. The number of hydrogen-bond donors (Lipinski definition) is 2. The number of H-pyrrole nitrogens is 1. The summed E-state index contributed by atoms with van der Waals surface area (Å²) in [5, 5.41) is 2.85. The number of carbonyl (C=O) groups excluding carboxylic acids is 1. The van der Waals surface area contributed by atoms with Crippen LogP contribution in [-0.4, -0.2) is 20.9 Å². The molecule has 0 saturated heterocycles. The van der Waals surface area contributed by atoms with Gasteiger partial charge in [0.05, 0.1) is 11.4 Å². The largest absolute Gasteiger partial charge is 0.342 e. The molecule has 1 aliphatic carbocycles. The number of aromatic nitrogens is 3. The van der Waals surface area contributed by atoms with Crippen molar-refractivity contribution in [3.8, 4) is 22.5 Å². The zero-order valence-electron chi connectivity index (χ0n) is 13.7. The molecule has 126 valence electrons. The molecule has 25 heavy (non-hydrogen) atoms. The van der Waals surface area contributed by atoms with Crippen molar-refractivity contribution in [1.29, 1.82) is 0 Å². The number of aromatic amines is 1. The van der Waals surface area contributed by atoms with Gasteiger partial charge >= 0.3 is 0 Å². The molecule has 5 nitrogen and oxygen atoms in total. The zero-order valence-corrected chi connectivity index (χ0v) is 13.7. The molecule has 0 unspecified atom stereocenters. The van der Waals surface area contributed by atoms with Crippen LogP contribution in [0.15, 0.2) is 42.6 Å². The Hall–Kier alpha value is -3.02. The van der Waals surface area contributed by atoms with Gasteiger partial charge in [0.15, 0.2) is 0 Å². The number of aryl methyl sites for hydroxylation is 1. The van der Waals surface area contributed by atoms with E-state index in [-0.39, 0.29) is 17.6 Å². The predicted molar refractivity (Wildman–Crippen MR) is 93.3 cm³/mol. The van der Waals surface area contributed by atoms with Gasteiger partial charge in [0.1, 0.15) is 17.5 Å². The highest BCUT2D eigenvalue weighted by molar-refractivity contribution is 5.94. The summed E-state index contributed by atoms with van der Waals surface area (Å²) >= 11 is 0. The number of amides is 1. The second-order valence-corrected chi connectivity index (χ2v) is 6.25. The van der Waals surface area contributed by atoms with Crippen molar-refractivity contribution in [3.05, 3.63) is 54.2 Å². The average molecular weight is 336 g/mol. The first-order valence-electron chi connectivity index (χ1n) is 8.20. The molecule has 0 radical (unpaired) electrons. The molecule has 0 aliphatic heterocycles. The maximum atomic E-state index is 13.2. The van der Waals surface area contributed by atoms with Gasteiger partial charge in [-0.3, -0.25) is 4.79 Å². The molecule has 1 fully saturated rings. The number of halogens is 1. The van der Waals surface area contributed by atoms with Gasteiger partial charge in [0, 0.05) is 23.2 Å². The summed E-state index contributed by atoms with van der Waals surface area (Å²) in [5.74, 6) is 1.12. The van der Waals surface area contributed by atoms with Crippen molar-refractivity contribution in [2.75, 3.05) is 5.32 Å². The van der Waals surface area contributed by atoms with Gasteiger partial charge in [-0.15, -0.1) is 0 Å². The van der Waals surface area contributed by atoms with Gasteiger partial charge in [-0.2, -0.15) is 0 Å². The van der Waals surface area contributed by atoms with Crippen LogP contribution in [0.3, 0.4) is 0 Å². The lowest BCUT2D eigenvalue weighted by atomic mass is 10.1. The minimum absolute atomic E-state index is 0.0154. The second kappa shape index (κ2) is 6.12. The van der Waals surface area contributed by atoms with Gasteiger partial charge in [-0.05, 0) is 56.2 Å². The van der Waals surface area contributed by atoms with E-state index in [4.69, 9.17) is 0 Å². The highest BCUT2D eigenvalue weighted by Gasteiger charge is 2.29. The molecule has 6 heteroatoms. The van der Waals surface area contributed by atoms with E-state index in [0.717, 1.165) is 41.2 Å². The Morgan fingerprint density at radius 3 is 2.68 bits per heavy atom. The number of nitrogens with zero attached hydrogens (tertiary/aromatic N) is 2. The lowest BCUT2D eigenvalue weighted by Crippen LogP contribution is -2.14. The third-order valence-electron chi connectivity index (χ3n) is 4.19. The molecule has 2 heterocycles. The predicted octanol–water partition coefficient (Wildman–Crippen LogP) is 3.93. The van der Waals surface area contributed by atoms with Crippen LogP contribution in [0.4, 0.5) is 10.2 Å². The van der Waals surface area contributed by atoms with E-state index >= 15 is 0 Å². The molecule has 1 saturated carbocycles. The molecule has 3 aromatic rings. The standard InChI is InChI=1S/C19H17FN4O/c1-11-22-17(12-4-6-15(20)7-5-12)18(23-11)14-8-9-21-16(10-14)24-19(25)13-2-3-13/h4-10,13H,2-3H2,1H3,(H,22,23)(H,21,24,25). The Balaban J connectivity index is 1.70. The van der Waals surface area contributed by atoms with E-state index in [1.54, 1.807) is 18.3 Å². The summed E-state index contributed by atoms with van der Waals surface area (Å²) in [5.41, 5.74) is 3.23. The Labute approximate surface area is 144 Å². The van der Waals surface area contributed by atoms with Crippen LogP contribution in [0.2, 0.25) is 0 Å². The van der Waals surface area contributed by atoms with Crippen LogP contribution >= 0.6 is 0 Å². The molecule has 0 atom stereocenters. The Morgan fingerprint density at radius 2 is 1.96 bits per heavy atom. The minimum atomic E-state index is -0.282. The summed E-state index contributed by atoms with van der Waals surface area (Å²) < 4.78 is 13.2. The molecular weight excluding hydrogens is 319 g/mol. The van der Waals surface area contributed by atoms with Crippen LogP contribution in [0.1, 0.15) is 18.7 Å². The Kier molecular flexibility index (Phi) is 3.80. The molecule has 2 N–H and O–H groups in total. The van der Waals surface area contributed by atoms with Crippen molar-refractivity contribution in [2.24, 2.45) is 5.92 Å². The highest BCUT2D eigenvalue weighted by Crippen LogP contribution is 2.32. The molecular formula is C19H17FN4O. The van der Waals surface area contributed by atoms with Gasteiger partial charge in [-0.1, -0.05) is 0 Å². The van der Waals surface area contributed by atoms with Crippen molar-refractivity contribution in [1.82, 2.24) is 15.0 Å².